The number of carbonyl (C=O) groups is 2. The summed E-state index contributed by atoms with van der Waals surface area (Å²) in [5.41, 5.74) is 2.56. The highest BCUT2D eigenvalue weighted by Gasteiger charge is 2.23. The van der Waals surface area contributed by atoms with Gasteiger partial charge in [-0.15, -0.1) is 0 Å². The predicted octanol–water partition coefficient (Wildman–Crippen LogP) is 4.76. The quantitative estimate of drug-likeness (QED) is 0.568. The summed E-state index contributed by atoms with van der Waals surface area (Å²) < 4.78 is 7.25. The predicted molar refractivity (Wildman–Crippen MR) is 117 cm³/mol. The number of anilines is 1. The molecule has 0 aliphatic heterocycles. The zero-order valence-electron chi connectivity index (χ0n) is 17.2. The van der Waals surface area contributed by atoms with E-state index < -0.39 is 12.1 Å². The molecule has 30 heavy (non-hydrogen) atoms. The van der Waals surface area contributed by atoms with Crippen LogP contribution in [0.25, 0.3) is 5.69 Å². The summed E-state index contributed by atoms with van der Waals surface area (Å²) in [5.74, 6) is -0.0413. The average molecular weight is 405 g/mol. The lowest BCUT2D eigenvalue weighted by Crippen LogP contribution is -2.44. The normalized spacial score (nSPS) is 11.7. The topological polar surface area (TPSA) is 72.4 Å². The lowest BCUT2D eigenvalue weighted by Gasteiger charge is -2.20. The van der Waals surface area contributed by atoms with Crippen LogP contribution in [0.5, 0.6) is 0 Å². The van der Waals surface area contributed by atoms with E-state index in [2.05, 4.69) is 10.6 Å². The molecule has 0 aliphatic rings. The van der Waals surface area contributed by atoms with Crippen LogP contribution in [-0.2, 0) is 16.1 Å². The molecule has 0 radical (unpaired) electrons. The molecule has 2 aromatic carbocycles. The third-order valence-electron chi connectivity index (χ3n) is 4.57. The van der Waals surface area contributed by atoms with Gasteiger partial charge >= 0.3 is 6.09 Å². The van der Waals surface area contributed by atoms with Crippen LogP contribution in [0.4, 0.5) is 10.5 Å². The molecule has 6 heteroatoms. The Labute approximate surface area is 176 Å². The van der Waals surface area contributed by atoms with Crippen molar-refractivity contribution < 1.29 is 14.3 Å². The van der Waals surface area contributed by atoms with Crippen molar-refractivity contribution in [3.05, 3.63) is 84.7 Å². The van der Waals surface area contributed by atoms with Gasteiger partial charge < -0.3 is 19.9 Å². The Hall–Kier alpha value is -3.54. The fraction of sp³-hybridized carbons (Fsp3) is 0.250. The van der Waals surface area contributed by atoms with Gasteiger partial charge in [-0.3, -0.25) is 4.79 Å². The van der Waals surface area contributed by atoms with Gasteiger partial charge in [-0.2, -0.15) is 0 Å². The first kappa shape index (κ1) is 21.2. The monoisotopic (exact) mass is 405 g/mol. The zero-order valence-corrected chi connectivity index (χ0v) is 17.2. The van der Waals surface area contributed by atoms with Crippen LogP contribution in [0.2, 0.25) is 0 Å². The van der Waals surface area contributed by atoms with E-state index in [-0.39, 0.29) is 18.4 Å². The number of rotatable bonds is 8. The first-order valence-corrected chi connectivity index (χ1v) is 10.0. The lowest BCUT2D eigenvalue weighted by atomic mass is 10.0. The second-order valence-electron chi connectivity index (χ2n) is 7.51. The number of aromatic nitrogens is 1. The minimum Gasteiger partial charge on any atom is -0.445 e. The molecule has 3 rings (SSSR count). The molecule has 0 bridgehead atoms. The molecule has 0 fully saturated rings. The molecular weight excluding hydrogens is 378 g/mol. The molecule has 6 nitrogen and oxygen atoms in total. The van der Waals surface area contributed by atoms with Crippen molar-refractivity contribution in [1.82, 2.24) is 9.88 Å². The zero-order chi connectivity index (χ0) is 21.3. The summed E-state index contributed by atoms with van der Waals surface area (Å²) in [6, 6.07) is 20.2. The van der Waals surface area contributed by atoms with E-state index in [9.17, 15) is 9.59 Å². The van der Waals surface area contributed by atoms with Gasteiger partial charge in [-0.1, -0.05) is 44.2 Å². The molecule has 1 atom stereocenters. The largest absolute Gasteiger partial charge is 0.445 e. The van der Waals surface area contributed by atoms with E-state index in [0.717, 1.165) is 11.3 Å². The number of nitrogens with zero attached hydrogens (tertiary/aromatic N) is 1. The molecule has 2 amide bonds. The van der Waals surface area contributed by atoms with Gasteiger partial charge in [0.05, 0.1) is 0 Å². The number of amides is 2. The summed E-state index contributed by atoms with van der Waals surface area (Å²) in [6.45, 7) is 4.16. The molecule has 3 aromatic rings. The van der Waals surface area contributed by atoms with Crippen molar-refractivity contribution in [3.8, 4) is 5.69 Å². The number of hydrogen-bond acceptors (Lipinski definition) is 3. The average Bonchev–Trinajstić information content (AvgIpc) is 3.28. The molecule has 1 heterocycles. The first-order chi connectivity index (χ1) is 14.5. The van der Waals surface area contributed by atoms with Gasteiger partial charge in [-0.25, -0.2) is 4.79 Å². The number of carbonyl (C=O) groups excluding carboxylic acids is 2. The molecular formula is C24H27N3O3. The van der Waals surface area contributed by atoms with Crippen molar-refractivity contribution >= 4 is 17.7 Å². The van der Waals surface area contributed by atoms with E-state index in [4.69, 9.17) is 4.74 Å². The highest BCUT2D eigenvalue weighted by Crippen LogP contribution is 2.15. The SMILES string of the molecule is CC(C)C[C@H](NC(=O)OCc1ccccc1)C(=O)Nc1ccc(-n2cccc2)cc1. The minimum atomic E-state index is -0.683. The number of nitrogens with one attached hydrogen (secondary N) is 2. The van der Waals surface area contributed by atoms with Crippen molar-refractivity contribution in [2.45, 2.75) is 32.9 Å². The summed E-state index contributed by atoms with van der Waals surface area (Å²) in [5, 5.41) is 5.58. The van der Waals surface area contributed by atoms with Gasteiger partial charge in [-0.05, 0) is 54.3 Å². The fourth-order valence-electron chi connectivity index (χ4n) is 3.06. The van der Waals surface area contributed by atoms with E-state index >= 15 is 0 Å². The maximum Gasteiger partial charge on any atom is 0.408 e. The van der Waals surface area contributed by atoms with Crippen molar-refractivity contribution in [2.24, 2.45) is 5.92 Å². The van der Waals surface area contributed by atoms with E-state index in [1.807, 2.05) is 97.5 Å². The van der Waals surface area contributed by atoms with Crippen LogP contribution in [0.1, 0.15) is 25.8 Å². The maximum atomic E-state index is 12.8. The lowest BCUT2D eigenvalue weighted by molar-refractivity contribution is -0.118. The molecule has 0 aliphatic carbocycles. The van der Waals surface area contributed by atoms with Crippen molar-refractivity contribution in [2.75, 3.05) is 5.32 Å². The van der Waals surface area contributed by atoms with Gasteiger partial charge in [0, 0.05) is 23.8 Å². The summed E-state index contributed by atoms with van der Waals surface area (Å²) >= 11 is 0. The molecule has 0 saturated carbocycles. The Morgan fingerprint density at radius 3 is 2.23 bits per heavy atom. The molecule has 2 N–H and O–H groups in total. The Bertz CT molecular complexity index is 936. The van der Waals surface area contributed by atoms with Crippen LogP contribution in [0.3, 0.4) is 0 Å². The van der Waals surface area contributed by atoms with Gasteiger partial charge in [0.2, 0.25) is 5.91 Å². The second-order valence-corrected chi connectivity index (χ2v) is 7.51. The van der Waals surface area contributed by atoms with Crippen LogP contribution in [0, 0.1) is 5.92 Å². The van der Waals surface area contributed by atoms with E-state index in [1.54, 1.807) is 0 Å². The minimum absolute atomic E-state index is 0.156. The van der Waals surface area contributed by atoms with Gasteiger partial charge in [0.1, 0.15) is 12.6 Å². The molecule has 0 spiro atoms. The Balaban J connectivity index is 1.58. The third kappa shape index (κ3) is 6.24. The maximum absolute atomic E-state index is 12.8. The highest BCUT2D eigenvalue weighted by atomic mass is 16.5. The second kappa shape index (κ2) is 10.3. The van der Waals surface area contributed by atoms with Crippen LogP contribution < -0.4 is 10.6 Å². The number of ether oxygens (including phenoxy) is 1. The number of hydrogen-bond donors (Lipinski definition) is 2. The molecule has 1 aromatic heterocycles. The number of alkyl carbamates (subject to hydrolysis) is 1. The number of benzene rings is 2. The smallest absolute Gasteiger partial charge is 0.408 e. The van der Waals surface area contributed by atoms with Gasteiger partial charge in [0.15, 0.2) is 0 Å². The van der Waals surface area contributed by atoms with E-state index in [0.29, 0.717) is 12.1 Å². The van der Waals surface area contributed by atoms with Crippen molar-refractivity contribution in [1.29, 1.82) is 0 Å². The van der Waals surface area contributed by atoms with Gasteiger partial charge in [0.25, 0.3) is 0 Å². The Morgan fingerprint density at radius 2 is 1.60 bits per heavy atom. The fourth-order valence-corrected chi connectivity index (χ4v) is 3.06. The molecule has 0 unspecified atom stereocenters. The summed E-state index contributed by atoms with van der Waals surface area (Å²) in [7, 11) is 0. The van der Waals surface area contributed by atoms with Crippen molar-refractivity contribution in [3.63, 3.8) is 0 Å². The van der Waals surface area contributed by atoms with Crippen LogP contribution >= 0.6 is 0 Å². The van der Waals surface area contributed by atoms with Crippen LogP contribution in [-0.4, -0.2) is 22.6 Å². The van der Waals surface area contributed by atoms with E-state index in [1.165, 1.54) is 0 Å². The Morgan fingerprint density at radius 1 is 0.933 bits per heavy atom. The summed E-state index contributed by atoms with van der Waals surface area (Å²) in [4.78, 5) is 25.0. The molecule has 156 valence electrons. The molecule has 0 saturated heterocycles. The highest BCUT2D eigenvalue weighted by molar-refractivity contribution is 5.96. The first-order valence-electron chi connectivity index (χ1n) is 10.0. The Kier molecular flexibility index (Phi) is 7.27. The third-order valence-corrected chi connectivity index (χ3v) is 4.57. The van der Waals surface area contributed by atoms with Crippen LogP contribution in [0.15, 0.2) is 79.1 Å². The summed E-state index contributed by atoms with van der Waals surface area (Å²) in [6.07, 6.45) is 3.81. The standard InChI is InChI=1S/C24H27N3O3/c1-18(2)16-22(26-24(29)30-17-19-8-4-3-5-9-19)23(28)25-20-10-12-21(13-11-20)27-14-6-7-15-27/h3-15,18,22H,16-17H2,1-2H3,(H,25,28)(H,26,29)/t22-/m0/s1.